The highest BCUT2D eigenvalue weighted by Gasteiger charge is 2.29. The number of aromatic hydroxyl groups is 6. The van der Waals surface area contributed by atoms with Crippen molar-refractivity contribution in [2.45, 2.75) is 105 Å². The van der Waals surface area contributed by atoms with E-state index in [9.17, 15) is 30.6 Å². The standard InChI is InChI=1S/C46H52N2O8/c1-23(2)35-31-19-25(5)37(43(51)39(31)33(41(49)45(35)53)21-47-27(7)13-15-29-11-9-17-55-29)38-26(6)20-32-36(24(3)4)46(54)42(50)34(40(32)44(38)52)22-48-28(8)14-16-30-12-10-18-56-30/h9-12,17-24,27-28,49-54H,13-16H2,1-8H3/t27-,28-/m1/s1. The Morgan fingerprint density at radius 3 is 1.25 bits per heavy atom. The van der Waals surface area contributed by atoms with Crippen molar-refractivity contribution < 1.29 is 39.5 Å². The number of furan rings is 2. The maximum absolute atomic E-state index is 12.4. The predicted octanol–water partition coefficient (Wildman–Crippen LogP) is 10.8. The van der Waals surface area contributed by atoms with Crippen molar-refractivity contribution in [1.82, 2.24) is 0 Å². The van der Waals surface area contributed by atoms with Crippen LogP contribution in [0.2, 0.25) is 0 Å². The second kappa shape index (κ2) is 16.1. The molecule has 294 valence electrons. The molecule has 0 unspecified atom stereocenters. The third-order valence-electron chi connectivity index (χ3n) is 10.7. The molecule has 0 saturated heterocycles. The van der Waals surface area contributed by atoms with Crippen LogP contribution >= 0.6 is 0 Å². The number of phenols is 6. The average Bonchev–Trinajstić information content (AvgIpc) is 3.87. The van der Waals surface area contributed by atoms with Crippen LogP contribution in [0.5, 0.6) is 34.5 Å². The first-order chi connectivity index (χ1) is 26.6. The number of nitrogens with zero attached hydrogens (tertiary/aromatic N) is 2. The van der Waals surface area contributed by atoms with Gasteiger partial charge in [-0.05, 0) is 98.5 Å². The largest absolute Gasteiger partial charge is 0.507 e. The fraction of sp³-hybridized carbons (Fsp3) is 0.348. The van der Waals surface area contributed by atoms with Crippen LogP contribution in [-0.2, 0) is 12.8 Å². The lowest BCUT2D eigenvalue weighted by Gasteiger charge is -2.23. The summed E-state index contributed by atoms with van der Waals surface area (Å²) in [7, 11) is 0. The second-order valence-corrected chi connectivity index (χ2v) is 15.5. The molecule has 0 saturated carbocycles. The summed E-state index contributed by atoms with van der Waals surface area (Å²) in [6.07, 6.45) is 8.86. The van der Waals surface area contributed by atoms with Crippen LogP contribution in [0.15, 0.2) is 67.7 Å². The van der Waals surface area contributed by atoms with E-state index in [0.29, 0.717) is 69.8 Å². The zero-order valence-electron chi connectivity index (χ0n) is 33.3. The molecular weight excluding hydrogens is 709 g/mol. The highest BCUT2D eigenvalue weighted by atomic mass is 16.3. The summed E-state index contributed by atoms with van der Waals surface area (Å²) in [6.45, 7) is 15.1. The molecule has 0 aliphatic rings. The summed E-state index contributed by atoms with van der Waals surface area (Å²) in [5, 5.41) is 72.1. The Morgan fingerprint density at radius 2 is 0.929 bits per heavy atom. The SMILES string of the molecule is Cc1cc2c(C(C)C)c(O)c(O)c(C=N[C@H](C)CCc3ccco3)c2c(O)c1-c1c(C)cc2c(C(C)C)c(O)c(O)c(C=N[C@H](C)CCc3ccco3)c2c1O. The lowest BCUT2D eigenvalue weighted by molar-refractivity contribution is 0.398. The Bertz CT molecular complexity index is 2270. The molecule has 10 nitrogen and oxygen atoms in total. The van der Waals surface area contributed by atoms with E-state index in [1.807, 2.05) is 91.8 Å². The van der Waals surface area contributed by atoms with Crippen LogP contribution < -0.4 is 0 Å². The van der Waals surface area contributed by atoms with Crippen molar-refractivity contribution >= 4 is 34.0 Å². The molecule has 0 bridgehead atoms. The Kier molecular flexibility index (Phi) is 11.4. The molecule has 2 atom stereocenters. The quantitative estimate of drug-likeness (QED) is 0.0498. The first kappa shape index (κ1) is 39.8. The molecule has 0 aliphatic carbocycles. The minimum atomic E-state index is -0.408. The number of aryl methyl sites for hydroxylation is 4. The molecule has 4 aromatic carbocycles. The maximum Gasteiger partial charge on any atom is 0.167 e. The Labute approximate surface area is 327 Å². The first-order valence-electron chi connectivity index (χ1n) is 19.2. The Balaban J connectivity index is 1.57. The normalized spacial score (nSPS) is 13.4. The van der Waals surface area contributed by atoms with Gasteiger partial charge in [-0.15, -0.1) is 0 Å². The molecular formula is C46H52N2O8. The van der Waals surface area contributed by atoms with Crippen LogP contribution in [0.4, 0.5) is 0 Å². The lowest BCUT2D eigenvalue weighted by atomic mass is 9.83. The maximum atomic E-state index is 12.4. The van der Waals surface area contributed by atoms with Crippen molar-refractivity contribution in [3.05, 3.63) is 93.8 Å². The first-order valence-corrected chi connectivity index (χ1v) is 19.2. The number of benzene rings is 4. The van der Waals surface area contributed by atoms with Gasteiger partial charge in [0.2, 0.25) is 0 Å². The minimum absolute atomic E-state index is 0.143. The van der Waals surface area contributed by atoms with Crippen LogP contribution in [0.3, 0.4) is 0 Å². The van der Waals surface area contributed by atoms with Gasteiger partial charge >= 0.3 is 0 Å². The van der Waals surface area contributed by atoms with Gasteiger partial charge in [-0.3, -0.25) is 9.98 Å². The van der Waals surface area contributed by atoms with Gasteiger partial charge < -0.3 is 39.5 Å². The third kappa shape index (κ3) is 7.40. The second-order valence-electron chi connectivity index (χ2n) is 15.5. The van der Waals surface area contributed by atoms with Gasteiger partial charge in [0.25, 0.3) is 0 Å². The Hall–Kier alpha value is -5.90. The molecule has 6 rings (SSSR count). The van der Waals surface area contributed by atoms with Crippen LogP contribution in [0, 0.1) is 13.8 Å². The van der Waals surface area contributed by atoms with E-state index in [2.05, 4.69) is 0 Å². The smallest absolute Gasteiger partial charge is 0.167 e. The van der Waals surface area contributed by atoms with Crippen molar-refractivity contribution in [3.63, 3.8) is 0 Å². The number of rotatable bonds is 13. The molecule has 0 radical (unpaired) electrons. The summed E-state index contributed by atoms with van der Waals surface area (Å²) in [6, 6.07) is 10.8. The van der Waals surface area contributed by atoms with Crippen molar-refractivity contribution in [3.8, 4) is 45.6 Å². The molecule has 2 heterocycles. The summed E-state index contributed by atoms with van der Waals surface area (Å²) < 4.78 is 10.9. The molecule has 6 aromatic rings. The van der Waals surface area contributed by atoms with Crippen LogP contribution in [0.1, 0.15) is 111 Å². The zero-order valence-corrected chi connectivity index (χ0v) is 33.3. The van der Waals surface area contributed by atoms with Gasteiger partial charge in [-0.25, -0.2) is 0 Å². The van der Waals surface area contributed by atoms with E-state index in [1.54, 1.807) is 12.5 Å². The van der Waals surface area contributed by atoms with Gasteiger partial charge in [0.15, 0.2) is 23.0 Å². The van der Waals surface area contributed by atoms with E-state index in [0.717, 1.165) is 11.5 Å². The molecule has 0 fully saturated rings. The molecule has 56 heavy (non-hydrogen) atoms. The van der Waals surface area contributed by atoms with Gasteiger partial charge in [0, 0.05) is 81.5 Å². The molecule has 2 aromatic heterocycles. The van der Waals surface area contributed by atoms with Gasteiger partial charge in [-0.2, -0.15) is 0 Å². The third-order valence-corrected chi connectivity index (χ3v) is 10.7. The van der Waals surface area contributed by atoms with Crippen molar-refractivity contribution in [2.24, 2.45) is 9.98 Å². The number of fused-ring (bicyclic) bond motifs is 2. The fourth-order valence-electron chi connectivity index (χ4n) is 7.79. The molecule has 0 amide bonds. The molecule has 10 heteroatoms. The summed E-state index contributed by atoms with van der Waals surface area (Å²) in [4.78, 5) is 9.42. The van der Waals surface area contributed by atoms with Crippen LogP contribution in [0.25, 0.3) is 32.7 Å². The summed E-state index contributed by atoms with van der Waals surface area (Å²) in [5.74, 6) is -0.599. The zero-order chi connectivity index (χ0) is 40.6. The summed E-state index contributed by atoms with van der Waals surface area (Å²) >= 11 is 0. The fourth-order valence-corrected chi connectivity index (χ4v) is 7.79. The number of aliphatic imine (C=N–C) groups is 2. The molecule has 6 N–H and O–H groups in total. The Morgan fingerprint density at radius 1 is 0.554 bits per heavy atom. The van der Waals surface area contributed by atoms with E-state index in [1.165, 1.54) is 12.4 Å². The number of hydrogen-bond donors (Lipinski definition) is 6. The van der Waals surface area contributed by atoms with E-state index >= 15 is 0 Å². The van der Waals surface area contributed by atoms with E-state index < -0.39 is 11.5 Å². The highest BCUT2D eigenvalue weighted by molar-refractivity contribution is 6.15. The van der Waals surface area contributed by atoms with Gasteiger partial charge in [0.05, 0.1) is 12.5 Å². The number of phenolic OH excluding ortho intramolecular Hbond substituents is 6. The van der Waals surface area contributed by atoms with Gasteiger partial charge in [-0.1, -0.05) is 39.8 Å². The lowest BCUT2D eigenvalue weighted by Crippen LogP contribution is -2.04. The minimum Gasteiger partial charge on any atom is -0.507 e. The van der Waals surface area contributed by atoms with E-state index in [-0.39, 0.29) is 68.8 Å². The van der Waals surface area contributed by atoms with Crippen molar-refractivity contribution in [1.29, 1.82) is 0 Å². The topological polar surface area (TPSA) is 172 Å². The number of hydrogen-bond acceptors (Lipinski definition) is 10. The van der Waals surface area contributed by atoms with E-state index in [4.69, 9.17) is 18.8 Å². The highest BCUT2D eigenvalue weighted by Crippen LogP contribution is 2.54. The van der Waals surface area contributed by atoms with Crippen molar-refractivity contribution in [2.75, 3.05) is 0 Å². The van der Waals surface area contributed by atoms with Crippen LogP contribution in [-0.4, -0.2) is 55.2 Å². The summed E-state index contributed by atoms with van der Waals surface area (Å²) in [5.41, 5.74) is 3.03. The monoisotopic (exact) mass is 760 g/mol. The van der Waals surface area contributed by atoms with Gasteiger partial charge in [0.1, 0.15) is 23.0 Å². The molecule has 0 spiro atoms. The molecule has 0 aliphatic heterocycles. The predicted molar refractivity (Wildman–Crippen MR) is 223 cm³/mol. The average molecular weight is 761 g/mol.